The van der Waals surface area contributed by atoms with Gasteiger partial charge in [0.15, 0.2) is 12.7 Å². The topological polar surface area (TPSA) is 64.6 Å². The van der Waals surface area contributed by atoms with Gasteiger partial charge in [-0.15, -0.1) is 0 Å². The number of rotatable bonds is 6. The number of hydrogen-bond acceptors (Lipinski definition) is 4. The molecule has 0 aliphatic rings. The number of halogens is 4. The Kier molecular flexibility index (Phi) is 7.58. The molecule has 0 aliphatic carbocycles. The number of hydrogen-bond donors (Lipinski definition) is 1. The summed E-state index contributed by atoms with van der Waals surface area (Å²) >= 11 is 21.0. The smallest absolute Gasteiger partial charge is 0.347 e. The maximum atomic E-state index is 12.0. The molecule has 138 valence electrons. The van der Waals surface area contributed by atoms with Crippen LogP contribution in [0.4, 0.5) is 5.69 Å². The molecule has 0 spiro atoms. The molecule has 26 heavy (non-hydrogen) atoms. The van der Waals surface area contributed by atoms with Crippen LogP contribution in [0.15, 0.2) is 40.9 Å². The van der Waals surface area contributed by atoms with Gasteiger partial charge in [0.2, 0.25) is 0 Å². The highest BCUT2D eigenvalue weighted by molar-refractivity contribution is 9.10. The van der Waals surface area contributed by atoms with Gasteiger partial charge in [0.25, 0.3) is 5.91 Å². The van der Waals surface area contributed by atoms with Gasteiger partial charge >= 0.3 is 5.97 Å². The first-order valence-corrected chi connectivity index (χ1v) is 9.22. The summed E-state index contributed by atoms with van der Waals surface area (Å²) in [4.78, 5) is 23.8. The highest BCUT2D eigenvalue weighted by atomic mass is 79.9. The van der Waals surface area contributed by atoms with Crippen molar-refractivity contribution in [3.63, 3.8) is 0 Å². The van der Waals surface area contributed by atoms with Crippen LogP contribution < -0.4 is 10.1 Å². The Morgan fingerprint density at radius 1 is 1.12 bits per heavy atom. The number of esters is 1. The van der Waals surface area contributed by atoms with Gasteiger partial charge in [0.1, 0.15) is 5.75 Å². The van der Waals surface area contributed by atoms with Crippen molar-refractivity contribution in [2.75, 3.05) is 11.9 Å². The zero-order valence-electron chi connectivity index (χ0n) is 13.4. The average Bonchev–Trinajstić information content (AvgIpc) is 2.58. The lowest BCUT2D eigenvalue weighted by Crippen LogP contribution is -2.29. The Labute approximate surface area is 173 Å². The van der Waals surface area contributed by atoms with Crippen molar-refractivity contribution in [3.05, 3.63) is 55.9 Å². The molecule has 1 N–H and O–H groups in total. The summed E-state index contributed by atoms with van der Waals surface area (Å²) in [5, 5.41) is 3.73. The van der Waals surface area contributed by atoms with Gasteiger partial charge in [-0.25, -0.2) is 4.79 Å². The number of anilines is 1. The predicted octanol–water partition coefficient (Wildman–Crippen LogP) is 5.36. The lowest BCUT2D eigenvalue weighted by molar-refractivity contribution is -0.153. The van der Waals surface area contributed by atoms with Crippen molar-refractivity contribution in [1.29, 1.82) is 0 Å². The van der Waals surface area contributed by atoms with Crippen LogP contribution in [0.2, 0.25) is 15.1 Å². The largest absolute Gasteiger partial charge is 0.477 e. The molecule has 0 bridgehead atoms. The van der Waals surface area contributed by atoms with Crippen molar-refractivity contribution < 1.29 is 19.1 Å². The lowest BCUT2D eigenvalue weighted by atomic mass is 10.3. The third-order valence-electron chi connectivity index (χ3n) is 3.08. The van der Waals surface area contributed by atoms with Crippen LogP contribution in [0, 0.1) is 0 Å². The van der Waals surface area contributed by atoms with Crippen molar-refractivity contribution in [1.82, 2.24) is 0 Å². The molecule has 0 unspecified atom stereocenters. The Morgan fingerprint density at radius 3 is 2.50 bits per heavy atom. The first-order chi connectivity index (χ1) is 12.3. The number of carbonyl (C=O) groups excluding carboxylic acids is 2. The molecule has 0 fully saturated rings. The predicted molar refractivity (Wildman–Crippen MR) is 105 cm³/mol. The molecule has 0 radical (unpaired) electrons. The van der Waals surface area contributed by atoms with E-state index in [1.165, 1.54) is 13.0 Å². The molecule has 5 nitrogen and oxygen atoms in total. The van der Waals surface area contributed by atoms with Crippen molar-refractivity contribution in [2.24, 2.45) is 0 Å². The van der Waals surface area contributed by atoms with Crippen LogP contribution in [0.3, 0.4) is 0 Å². The van der Waals surface area contributed by atoms with E-state index in [1.807, 2.05) is 0 Å². The van der Waals surface area contributed by atoms with E-state index in [0.29, 0.717) is 20.2 Å². The normalized spacial score (nSPS) is 11.6. The molecule has 0 aromatic heterocycles. The van der Waals surface area contributed by atoms with E-state index >= 15 is 0 Å². The Morgan fingerprint density at radius 2 is 1.85 bits per heavy atom. The minimum atomic E-state index is -0.955. The van der Waals surface area contributed by atoms with E-state index in [0.717, 1.165) is 0 Å². The Hall–Kier alpha value is -1.47. The standard InChI is InChI=1S/C17H13BrCl3NO4/c1-9(26-15-5-2-10(19)6-14(15)21)17(24)25-8-16(23)22-11-3-4-12(18)13(20)7-11/h2-7,9H,8H2,1H3,(H,22,23)/t9-/m1/s1. The van der Waals surface area contributed by atoms with Gasteiger partial charge in [0.05, 0.1) is 10.0 Å². The van der Waals surface area contributed by atoms with Gasteiger partial charge in [-0.05, 0) is 59.3 Å². The van der Waals surface area contributed by atoms with Crippen molar-refractivity contribution in [2.45, 2.75) is 13.0 Å². The number of ether oxygens (including phenoxy) is 2. The summed E-state index contributed by atoms with van der Waals surface area (Å²) in [5.74, 6) is -0.928. The van der Waals surface area contributed by atoms with Crippen LogP contribution in [0.1, 0.15) is 6.92 Å². The summed E-state index contributed by atoms with van der Waals surface area (Å²) in [5.41, 5.74) is 0.483. The fourth-order valence-electron chi connectivity index (χ4n) is 1.83. The molecule has 0 saturated heterocycles. The van der Waals surface area contributed by atoms with Crippen LogP contribution in [0.5, 0.6) is 5.75 Å². The fourth-order valence-corrected chi connectivity index (χ4v) is 2.71. The van der Waals surface area contributed by atoms with E-state index < -0.39 is 24.6 Å². The second-order valence-corrected chi connectivity index (χ2v) is 7.22. The first kappa shape index (κ1) is 20.8. The molecule has 1 atom stereocenters. The minimum absolute atomic E-state index is 0.266. The SMILES string of the molecule is C[C@@H](Oc1ccc(Cl)cc1Cl)C(=O)OCC(=O)Nc1ccc(Br)c(Cl)c1. The van der Waals surface area contributed by atoms with Gasteiger partial charge in [-0.3, -0.25) is 4.79 Å². The Balaban J connectivity index is 1.84. The molecule has 2 aromatic rings. The number of benzene rings is 2. The van der Waals surface area contributed by atoms with Crippen LogP contribution in [-0.2, 0) is 14.3 Å². The molecule has 0 saturated carbocycles. The second-order valence-electron chi connectivity index (χ2n) is 5.12. The van der Waals surface area contributed by atoms with Gasteiger partial charge < -0.3 is 14.8 Å². The van der Waals surface area contributed by atoms with Gasteiger partial charge in [0, 0.05) is 15.2 Å². The van der Waals surface area contributed by atoms with Crippen LogP contribution in [0.25, 0.3) is 0 Å². The van der Waals surface area contributed by atoms with E-state index in [-0.39, 0.29) is 10.8 Å². The molecule has 0 heterocycles. The number of carbonyl (C=O) groups is 2. The zero-order chi connectivity index (χ0) is 19.3. The fraction of sp³-hybridized carbons (Fsp3) is 0.176. The van der Waals surface area contributed by atoms with Crippen LogP contribution >= 0.6 is 50.7 Å². The minimum Gasteiger partial charge on any atom is -0.477 e. The lowest BCUT2D eigenvalue weighted by Gasteiger charge is -2.15. The highest BCUT2D eigenvalue weighted by Crippen LogP contribution is 2.28. The number of nitrogens with one attached hydrogen (secondary N) is 1. The average molecular weight is 482 g/mol. The summed E-state index contributed by atoms with van der Waals surface area (Å²) < 4.78 is 11.1. The summed E-state index contributed by atoms with van der Waals surface area (Å²) in [6, 6.07) is 9.53. The molecule has 9 heteroatoms. The third-order valence-corrected chi connectivity index (χ3v) is 4.84. The maximum absolute atomic E-state index is 12.0. The third kappa shape index (κ3) is 6.06. The van der Waals surface area contributed by atoms with E-state index in [2.05, 4.69) is 21.2 Å². The quantitative estimate of drug-likeness (QED) is 0.565. The van der Waals surface area contributed by atoms with Crippen LogP contribution in [-0.4, -0.2) is 24.6 Å². The van der Waals surface area contributed by atoms with Gasteiger partial charge in [-0.1, -0.05) is 34.8 Å². The van der Waals surface area contributed by atoms with E-state index in [4.69, 9.17) is 44.3 Å². The van der Waals surface area contributed by atoms with Gasteiger partial charge in [-0.2, -0.15) is 0 Å². The van der Waals surface area contributed by atoms with E-state index in [9.17, 15) is 9.59 Å². The monoisotopic (exact) mass is 479 g/mol. The molecule has 1 amide bonds. The molecule has 2 rings (SSSR count). The Bertz CT molecular complexity index is 832. The van der Waals surface area contributed by atoms with E-state index in [1.54, 1.807) is 30.3 Å². The second kappa shape index (κ2) is 9.46. The molecular weight excluding hydrogens is 468 g/mol. The highest BCUT2D eigenvalue weighted by Gasteiger charge is 2.19. The van der Waals surface area contributed by atoms with Crippen molar-refractivity contribution in [3.8, 4) is 5.75 Å². The number of amides is 1. The molecule has 0 aliphatic heterocycles. The summed E-state index contributed by atoms with van der Waals surface area (Å²) in [7, 11) is 0. The summed E-state index contributed by atoms with van der Waals surface area (Å²) in [6.45, 7) is 1.02. The maximum Gasteiger partial charge on any atom is 0.347 e. The zero-order valence-corrected chi connectivity index (χ0v) is 17.2. The molecule has 2 aromatic carbocycles. The first-order valence-electron chi connectivity index (χ1n) is 7.29. The molecular formula is C17H13BrCl3NO4. The summed E-state index contributed by atoms with van der Waals surface area (Å²) in [6.07, 6.45) is -0.955. The van der Waals surface area contributed by atoms with Crippen molar-refractivity contribution >= 4 is 68.3 Å².